The molecule has 0 saturated carbocycles. The summed E-state index contributed by atoms with van der Waals surface area (Å²) in [6.45, 7) is 5.07. The smallest absolute Gasteiger partial charge is 0.241 e. The maximum absolute atomic E-state index is 12.7. The van der Waals surface area contributed by atoms with Crippen LogP contribution in [0.1, 0.15) is 29.9 Å². The fourth-order valence-corrected chi connectivity index (χ4v) is 4.82. The Labute approximate surface area is 193 Å². The number of hydrogen-bond acceptors (Lipinski definition) is 6. The van der Waals surface area contributed by atoms with Gasteiger partial charge in [-0.15, -0.1) is 0 Å². The molecule has 1 N–H and O–H groups in total. The van der Waals surface area contributed by atoms with Crippen LogP contribution in [0.4, 0.5) is 0 Å². The SMILES string of the molecule is Cc1cccc(CSCCNC(=O)C2CCCN(Cc3nc(-c4ccccc4)no3)C2)c1. The van der Waals surface area contributed by atoms with E-state index in [4.69, 9.17) is 4.52 Å². The lowest BCUT2D eigenvalue weighted by atomic mass is 9.97. The van der Waals surface area contributed by atoms with E-state index in [0.717, 1.165) is 43.0 Å². The molecular weight excluding hydrogens is 420 g/mol. The lowest BCUT2D eigenvalue weighted by Gasteiger charge is -2.30. The van der Waals surface area contributed by atoms with Crippen molar-refractivity contribution in [3.05, 3.63) is 71.6 Å². The van der Waals surface area contributed by atoms with Gasteiger partial charge in [-0.25, -0.2) is 0 Å². The molecule has 1 saturated heterocycles. The summed E-state index contributed by atoms with van der Waals surface area (Å²) >= 11 is 1.85. The number of carbonyl (C=O) groups excluding carboxylic acids is 1. The fourth-order valence-electron chi connectivity index (χ4n) is 4.01. The van der Waals surface area contributed by atoms with Crippen molar-refractivity contribution in [3.63, 3.8) is 0 Å². The molecule has 1 amide bonds. The zero-order chi connectivity index (χ0) is 22.2. The predicted molar refractivity (Wildman–Crippen MR) is 128 cm³/mol. The van der Waals surface area contributed by atoms with E-state index in [2.05, 4.69) is 51.5 Å². The molecule has 0 radical (unpaired) electrons. The van der Waals surface area contributed by atoms with Crippen LogP contribution >= 0.6 is 11.8 Å². The highest BCUT2D eigenvalue weighted by Crippen LogP contribution is 2.20. The Balaban J connectivity index is 1.19. The molecule has 2 aromatic carbocycles. The lowest BCUT2D eigenvalue weighted by molar-refractivity contribution is -0.126. The van der Waals surface area contributed by atoms with Crippen LogP contribution in [0.5, 0.6) is 0 Å². The van der Waals surface area contributed by atoms with Gasteiger partial charge in [-0.2, -0.15) is 16.7 Å². The summed E-state index contributed by atoms with van der Waals surface area (Å²) in [7, 11) is 0. The Kier molecular flexibility index (Phi) is 7.96. The molecule has 4 rings (SSSR count). The number of nitrogens with zero attached hydrogens (tertiary/aromatic N) is 3. The molecule has 168 valence electrons. The van der Waals surface area contributed by atoms with Gasteiger partial charge in [0.2, 0.25) is 17.6 Å². The summed E-state index contributed by atoms with van der Waals surface area (Å²) in [6.07, 6.45) is 1.93. The Morgan fingerprint density at radius 2 is 2.09 bits per heavy atom. The summed E-state index contributed by atoms with van der Waals surface area (Å²) in [6, 6.07) is 18.4. The normalized spacial score (nSPS) is 16.7. The second-order valence-corrected chi connectivity index (χ2v) is 9.39. The van der Waals surface area contributed by atoms with Crippen molar-refractivity contribution in [2.24, 2.45) is 5.92 Å². The molecule has 1 aliphatic rings. The summed E-state index contributed by atoms with van der Waals surface area (Å²) in [5.41, 5.74) is 3.56. The third-order valence-corrected chi connectivity index (χ3v) is 6.66. The number of likely N-dealkylation sites (tertiary alicyclic amines) is 1. The van der Waals surface area contributed by atoms with Crippen LogP contribution in [0.3, 0.4) is 0 Å². The fraction of sp³-hybridized carbons (Fsp3) is 0.400. The summed E-state index contributed by atoms with van der Waals surface area (Å²) in [5.74, 6) is 3.26. The van der Waals surface area contributed by atoms with E-state index in [1.54, 1.807) is 0 Å². The monoisotopic (exact) mass is 450 g/mol. The molecule has 1 aliphatic heterocycles. The van der Waals surface area contributed by atoms with Crippen molar-refractivity contribution in [3.8, 4) is 11.4 Å². The van der Waals surface area contributed by atoms with Crippen LogP contribution < -0.4 is 5.32 Å². The van der Waals surface area contributed by atoms with Gasteiger partial charge in [0.05, 0.1) is 12.5 Å². The molecule has 2 heterocycles. The highest BCUT2D eigenvalue weighted by molar-refractivity contribution is 7.98. The van der Waals surface area contributed by atoms with Gasteiger partial charge in [0.25, 0.3) is 0 Å². The van der Waals surface area contributed by atoms with Crippen molar-refractivity contribution in [1.29, 1.82) is 0 Å². The van der Waals surface area contributed by atoms with Gasteiger partial charge in [0.15, 0.2) is 0 Å². The van der Waals surface area contributed by atoms with Crippen molar-refractivity contribution in [2.45, 2.75) is 32.1 Å². The van der Waals surface area contributed by atoms with Gasteiger partial charge >= 0.3 is 0 Å². The molecule has 1 unspecified atom stereocenters. The molecular formula is C25H30N4O2S. The largest absolute Gasteiger partial charge is 0.355 e. The number of piperidine rings is 1. The first-order valence-corrected chi connectivity index (χ1v) is 12.3. The number of hydrogen-bond donors (Lipinski definition) is 1. The van der Waals surface area contributed by atoms with Crippen LogP contribution in [0.15, 0.2) is 59.1 Å². The zero-order valence-corrected chi connectivity index (χ0v) is 19.3. The van der Waals surface area contributed by atoms with Gasteiger partial charge in [-0.3, -0.25) is 9.69 Å². The summed E-state index contributed by atoms with van der Waals surface area (Å²) < 4.78 is 5.45. The number of aromatic nitrogens is 2. The van der Waals surface area contributed by atoms with Crippen molar-refractivity contribution < 1.29 is 9.32 Å². The molecule has 6 nitrogen and oxygen atoms in total. The van der Waals surface area contributed by atoms with E-state index in [9.17, 15) is 4.79 Å². The number of amides is 1. The van der Waals surface area contributed by atoms with E-state index < -0.39 is 0 Å². The highest BCUT2D eigenvalue weighted by atomic mass is 32.2. The zero-order valence-electron chi connectivity index (χ0n) is 18.5. The maximum Gasteiger partial charge on any atom is 0.241 e. The second kappa shape index (κ2) is 11.3. The van der Waals surface area contributed by atoms with Gasteiger partial charge in [0, 0.05) is 30.2 Å². The Bertz CT molecular complexity index is 1010. The van der Waals surface area contributed by atoms with Crippen LogP contribution in [0, 0.1) is 12.8 Å². The summed E-state index contributed by atoms with van der Waals surface area (Å²) in [4.78, 5) is 19.4. The number of aryl methyl sites for hydroxylation is 1. The lowest BCUT2D eigenvalue weighted by Crippen LogP contribution is -2.43. The number of rotatable bonds is 9. The number of benzene rings is 2. The number of thioether (sulfide) groups is 1. The first-order chi connectivity index (χ1) is 15.7. The molecule has 1 atom stereocenters. The van der Waals surface area contributed by atoms with Crippen LogP contribution in [-0.2, 0) is 17.1 Å². The Morgan fingerprint density at radius 3 is 2.94 bits per heavy atom. The van der Waals surface area contributed by atoms with E-state index >= 15 is 0 Å². The molecule has 0 bridgehead atoms. The molecule has 3 aromatic rings. The molecule has 7 heteroatoms. The average molecular weight is 451 g/mol. The Hall–Kier alpha value is -2.64. The minimum absolute atomic E-state index is 0.0158. The maximum atomic E-state index is 12.7. The van der Waals surface area contributed by atoms with Crippen molar-refractivity contribution >= 4 is 17.7 Å². The third kappa shape index (κ3) is 6.43. The molecule has 1 aromatic heterocycles. The van der Waals surface area contributed by atoms with Crippen LogP contribution in [0.25, 0.3) is 11.4 Å². The van der Waals surface area contributed by atoms with Crippen molar-refractivity contribution in [1.82, 2.24) is 20.4 Å². The van der Waals surface area contributed by atoms with E-state index in [1.165, 1.54) is 11.1 Å². The van der Waals surface area contributed by atoms with Gasteiger partial charge in [-0.1, -0.05) is 65.3 Å². The van der Waals surface area contributed by atoms with E-state index in [1.807, 2.05) is 42.1 Å². The van der Waals surface area contributed by atoms with Crippen LogP contribution in [-0.4, -0.2) is 46.3 Å². The molecule has 0 spiro atoms. The van der Waals surface area contributed by atoms with Crippen LogP contribution in [0.2, 0.25) is 0 Å². The number of carbonyl (C=O) groups is 1. The highest BCUT2D eigenvalue weighted by Gasteiger charge is 2.26. The minimum Gasteiger partial charge on any atom is -0.355 e. The first-order valence-electron chi connectivity index (χ1n) is 11.2. The molecule has 32 heavy (non-hydrogen) atoms. The van der Waals surface area contributed by atoms with Crippen molar-refractivity contribution in [2.75, 3.05) is 25.4 Å². The van der Waals surface area contributed by atoms with Gasteiger partial charge in [-0.05, 0) is 31.9 Å². The third-order valence-electron chi connectivity index (χ3n) is 5.63. The average Bonchev–Trinajstić information content (AvgIpc) is 3.28. The molecule has 0 aliphatic carbocycles. The standard InChI is InChI=1S/C25H30N4O2S/c1-19-7-5-8-20(15-19)18-32-14-12-26-25(30)22-11-6-13-29(16-22)17-23-27-24(28-31-23)21-9-3-2-4-10-21/h2-5,7-10,15,22H,6,11-14,16-18H2,1H3,(H,26,30). The van der Waals surface area contributed by atoms with Gasteiger partial charge < -0.3 is 9.84 Å². The van der Waals surface area contributed by atoms with E-state index in [-0.39, 0.29) is 11.8 Å². The van der Waals surface area contributed by atoms with E-state index in [0.29, 0.717) is 24.8 Å². The topological polar surface area (TPSA) is 71.3 Å². The van der Waals surface area contributed by atoms with Gasteiger partial charge in [0.1, 0.15) is 0 Å². The predicted octanol–water partition coefficient (Wildman–Crippen LogP) is 4.31. The number of nitrogens with one attached hydrogen (secondary N) is 1. The quantitative estimate of drug-likeness (QED) is 0.490. The summed E-state index contributed by atoms with van der Waals surface area (Å²) in [5, 5.41) is 7.22. The molecule has 1 fully saturated rings. The minimum atomic E-state index is 0.0158. The first kappa shape index (κ1) is 22.6. The Morgan fingerprint density at radius 1 is 1.22 bits per heavy atom. The second-order valence-electron chi connectivity index (χ2n) is 8.28.